The van der Waals surface area contributed by atoms with Gasteiger partial charge in [0.2, 0.25) is 4.80 Å². The summed E-state index contributed by atoms with van der Waals surface area (Å²) in [5, 5.41) is 17.3. The Bertz CT molecular complexity index is 1070. The fourth-order valence-corrected chi connectivity index (χ4v) is 3.34. The first-order valence-corrected chi connectivity index (χ1v) is 9.22. The maximum Gasteiger partial charge on any atom is 0.278 e. The number of methoxy groups -OCH3 is 1. The molecule has 2 aromatic carbocycles. The molecule has 0 saturated carbocycles. The summed E-state index contributed by atoms with van der Waals surface area (Å²) >= 11 is 1.30. The van der Waals surface area contributed by atoms with E-state index in [4.69, 9.17) is 4.74 Å². The highest BCUT2D eigenvalue weighted by atomic mass is 32.1. The van der Waals surface area contributed by atoms with Crippen LogP contribution in [0.1, 0.15) is 5.56 Å². The number of hydrogen-bond acceptors (Lipinski definition) is 6. The molecule has 28 heavy (non-hydrogen) atoms. The van der Waals surface area contributed by atoms with Crippen molar-refractivity contribution in [3.63, 3.8) is 0 Å². The van der Waals surface area contributed by atoms with Crippen LogP contribution in [0, 0.1) is 15.9 Å². The fourth-order valence-electron chi connectivity index (χ4n) is 2.49. The standard InChI is InChI=1S/C19H17FN4O3S/c1-27-11-10-21-19-23(18(13-28-19)15-7-3-4-8-16(15)20)22-12-14-6-2-5-9-17(14)24(25)26/h2-9,12-13H,10-11H2,1H3/b21-19?,22-12-. The zero-order chi connectivity index (χ0) is 19.9. The second-order valence-electron chi connectivity index (χ2n) is 5.63. The SMILES string of the molecule is COCCN=c1scc(-c2ccccc2F)n1/N=C\c1ccccc1[N+](=O)[O-]. The molecule has 0 fully saturated rings. The zero-order valence-electron chi connectivity index (χ0n) is 15.0. The molecule has 0 aliphatic heterocycles. The van der Waals surface area contributed by atoms with Crippen LogP contribution in [0.25, 0.3) is 11.3 Å². The van der Waals surface area contributed by atoms with Crippen LogP contribution >= 0.6 is 11.3 Å². The molecule has 0 bridgehead atoms. The predicted molar refractivity (Wildman–Crippen MR) is 106 cm³/mol. The van der Waals surface area contributed by atoms with E-state index in [2.05, 4.69) is 10.1 Å². The molecule has 3 aromatic rings. The number of nitro groups is 1. The van der Waals surface area contributed by atoms with Crippen molar-refractivity contribution in [3.8, 4) is 11.3 Å². The maximum absolute atomic E-state index is 14.3. The lowest BCUT2D eigenvalue weighted by molar-refractivity contribution is -0.385. The lowest BCUT2D eigenvalue weighted by Gasteiger charge is -2.05. The van der Waals surface area contributed by atoms with Crippen LogP contribution in [-0.4, -0.2) is 36.1 Å². The van der Waals surface area contributed by atoms with Gasteiger partial charge in [-0.2, -0.15) is 5.10 Å². The molecule has 0 amide bonds. The molecule has 1 heterocycles. The van der Waals surface area contributed by atoms with E-state index in [9.17, 15) is 14.5 Å². The quantitative estimate of drug-likeness (QED) is 0.262. The molecule has 0 aliphatic carbocycles. The number of thiazole rings is 1. The van der Waals surface area contributed by atoms with Gasteiger partial charge in [0, 0.05) is 24.1 Å². The minimum Gasteiger partial charge on any atom is -0.383 e. The van der Waals surface area contributed by atoms with Crippen molar-refractivity contribution < 1.29 is 14.1 Å². The number of nitro benzene ring substituents is 1. The Balaban J connectivity index is 2.10. The second kappa shape index (κ2) is 9.16. The zero-order valence-corrected chi connectivity index (χ0v) is 15.8. The number of para-hydroxylation sites is 1. The van der Waals surface area contributed by atoms with E-state index in [1.54, 1.807) is 48.9 Å². The van der Waals surface area contributed by atoms with Crippen molar-refractivity contribution >= 4 is 23.2 Å². The normalized spacial score (nSPS) is 12.0. The summed E-state index contributed by atoms with van der Waals surface area (Å²) in [4.78, 5) is 15.7. The van der Waals surface area contributed by atoms with E-state index in [-0.39, 0.29) is 5.69 Å². The number of rotatable bonds is 7. The minimum atomic E-state index is -0.471. The molecule has 144 valence electrons. The summed E-state index contributed by atoms with van der Waals surface area (Å²) in [7, 11) is 1.58. The Hall–Kier alpha value is -3.17. The minimum absolute atomic E-state index is 0.0626. The molecule has 1 aromatic heterocycles. The van der Waals surface area contributed by atoms with E-state index in [0.717, 1.165) is 0 Å². The highest BCUT2D eigenvalue weighted by molar-refractivity contribution is 7.07. The highest BCUT2D eigenvalue weighted by Crippen LogP contribution is 2.23. The lowest BCUT2D eigenvalue weighted by Crippen LogP contribution is -2.14. The van der Waals surface area contributed by atoms with E-state index in [1.807, 2.05) is 0 Å². The summed E-state index contributed by atoms with van der Waals surface area (Å²) in [5.74, 6) is -0.390. The van der Waals surface area contributed by atoms with Gasteiger partial charge in [-0.1, -0.05) is 24.3 Å². The molecule has 0 N–H and O–H groups in total. The van der Waals surface area contributed by atoms with Crippen molar-refractivity contribution in [2.75, 3.05) is 20.3 Å². The van der Waals surface area contributed by atoms with Crippen LogP contribution in [0.3, 0.4) is 0 Å². The average Bonchev–Trinajstić information content (AvgIpc) is 3.09. The Morgan fingerprint density at radius 3 is 2.75 bits per heavy atom. The first-order valence-electron chi connectivity index (χ1n) is 8.34. The molecule has 0 radical (unpaired) electrons. The molecule has 0 aliphatic rings. The van der Waals surface area contributed by atoms with E-state index < -0.39 is 10.7 Å². The van der Waals surface area contributed by atoms with Crippen molar-refractivity contribution in [1.29, 1.82) is 0 Å². The Kier molecular flexibility index (Phi) is 6.41. The van der Waals surface area contributed by atoms with Crippen LogP contribution < -0.4 is 4.80 Å². The first kappa shape index (κ1) is 19.6. The Labute approximate surface area is 164 Å². The predicted octanol–water partition coefficient (Wildman–Crippen LogP) is 3.69. The molecule has 3 rings (SSSR count). The molecule has 0 saturated heterocycles. The summed E-state index contributed by atoms with van der Waals surface area (Å²) in [5.41, 5.74) is 1.15. The van der Waals surface area contributed by atoms with Gasteiger partial charge in [-0.05, 0) is 18.2 Å². The van der Waals surface area contributed by atoms with Crippen molar-refractivity contribution in [1.82, 2.24) is 4.68 Å². The number of benzene rings is 2. The van der Waals surface area contributed by atoms with Crippen LogP contribution in [0.5, 0.6) is 0 Å². The van der Waals surface area contributed by atoms with Gasteiger partial charge >= 0.3 is 0 Å². The van der Waals surface area contributed by atoms with Gasteiger partial charge in [0.05, 0.1) is 35.5 Å². The lowest BCUT2D eigenvalue weighted by atomic mass is 10.1. The van der Waals surface area contributed by atoms with Crippen molar-refractivity contribution in [3.05, 3.63) is 80.2 Å². The van der Waals surface area contributed by atoms with Crippen molar-refractivity contribution in [2.45, 2.75) is 0 Å². The smallest absolute Gasteiger partial charge is 0.278 e. The third kappa shape index (κ3) is 4.38. The van der Waals surface area contributed by atoms with Gasteiger partial charge in [-0.3, -0.25) is 15.1 Å². The van der Waals surface area contributed by atoms with E-state index >= 15 is 0 Å². The molecule has 7 nitrogen and oxygen atoms in total. The highest BCUT2D eigenvalue weighted by Gasteiger charge is 2.13. The third-order valence-corrected chi connectivity index (χ3v) is 4.68. The van der Waals surface area contributed by atoms with Crippen LogP contribution in [0.2, 0.25) is 0 Å². The fraction of sp³-hybridized carbons (Fsp3) is 0.158. The molecular weight excluding hydrogens is 383 g/mol. The number of aromatic nitrogens is 1. The summed E-state index contributed by atoms with van der Waals surface area (Å²) in [6.45, 7) is 0.843. The average molecular weight is 400 g/mol. The number of nitrogens with zero attached hydrogens (tertiary/aromatic N) is 4. The summed E-state index contributed by atoms with van der Waals surface area (Å²) < 4.78 is 20.8. The van der Waals surface area contributed by atoms with Gasteiger partial charge in [0.25, 0.3) is 5.69 Å². The Morgan fingerprint density at radius 2 is 2.00 bits per heavy atom. The van der Waals surface area contributed by atoms with Gasteiger partial charge < -0.3 is 4.74 Å². The third-order valence-electron chi connectivity index (χ3n) is 3.82. The Morgan fingerprint density at radius 1 is 1.25 bits per heavy atom. The summed E-state index contributed by atoms with van der Waals surface area (Å²) in [6, 6.07) is 12.6. The second-order valence-corrected chi connectivity index (χ2v) is 6.47. The van der Waals surface area contributed by atoms with Gasteiger partial charge in [0.1, 0.15) is 5.82 Å². The number of ether oxygens (including phenoxy) is 1. The summed E-state index contributed by atoms with van der Waals surface area (Å²) in [6.07, 6.45) is 1.38. The maximum atomic E-state index is 14.3. The molecule has 0 unspecified atom stereocenters. The molecular formula is C19H17FN4O3S. The number of halogens is 1. The number of hydrogen-bond donors (Lipinski definition) is 0. The molecule has 9 heteroatoms. The van der Waals surface area contributed by atoms with Crippen LogP contribution in [0.15, 0.2) is 64.0 Å². The van der Waals surface area contributed by atoms with Gasteiger partial charge in [0.15, 0.2) is 0 Å². The van der Waals surface area contributed by atoms with Crippen LogP contribution in [0.4, 0.5) is 10.1 Å². The van der Waals surface area contributed by atoms with E-state index in [1.165, 1.54) is 34.4 Å². The van der Waals surface area contributed by atoms with E-state index in [0.29, 0.717) is 34.8 Å². The van der Waals surface area contributed by atoms with Gasteiger partial charge in [-0.15, -0.1) is 11.3 Å². The molecule has 0 spiro atoms. The van der Waals surface area contributed by atoms with Gasteiger partial charge in [-0.25, -0.2) is 9.07 Å². The first-order chi connectivity index (χ1) is 13.6. The molecule has 0 atom stereocenters. The van der Waals surface area contributed by atoms with Crippen LogP contribution in [-0.2, 0) is 4.74 Å². The monoisotopic (exact) mass is 400 g/mol. The topological polar surface area (TPSA) is 82.0 Å². The van der Waals surface area contributed by atoms with Crippen molar-refractivity contribution in [2.24, 2.45) is 10.1 Å². The largest absolute Gasteiger partial charge is 0.383 e.